The SMILES string of the molecule is Cc1ccc(C(=O)N[C@@H](c2cccs2)C(C)C)cc1S(=O)(=O)N1CCOCC1. The Morgan fingerprint density at radius 1 is 1.21 bits per heavy atom. The Balaban J connectivity index is 1.87. The molecule has 0 radical (unpaired) electrons. The van der Waals surface area contributed by atoms with Gasteiger partial charge in [-0.15, -0.1) is 11.3 Å². The second-order valence-electron chi connectivity index (χ2n) is 7.21. The van der Waals surface area contributed by atoms with Crippen LogP contribution in [0.15, 0.2) is 40.6 Å². The molecule has 2 aromatic rings. The molecule has 0 saturated carbocycles. The lowest BCUT2D eigenvalue weighted by molar-refractivity contribution is 0.0730. The highest BCUT2D eigenvalue weighted by Gasteiger charge is 2.29. The van der Waals surface area contributed by atoms with Crippen LogP contribution in [0.25, 0.3) is 0 Å². The van der Waals surface area contributed by atoms with Gasteiger partial charge in [0.25, 0.3) is 5.91 Å². The molecule has 1 fully saturated rings. The fourth-order valence-corrected chi connectivity index (χ4v) is 5.81. The minimum absolute atomic E-state index is 0.117. The third-order valence-corrected chi connectivity index (χ3v) is 7.84. The van der Waals surface area contributed by atoms with E-state index in [4.69, 9.17) is 4.74 Å². The molecular weight excluding hydrogens is 396 g/mol. The Bertz CT molecular complexity index is 918. The van der Waals surface area contributed by atoms with Crippen LogP contribution in [0.1, 0.15) is 40.7 Å². The highest BCUT2D eigenvalue weighted by atomic mass is 32.2. The number of amides is 1. The number of thiophene rings is 1. The Morgan fingerprint density at radius 2 is 1.93 bits per heavy atom. The molecular formula is C20H26N2O4S2. The molecule has 1 aliphatic rings. The van der Waals surface area contributed by atoms with Crippen molar-refractivity contribution >= 4 is 27.3 Å². The first kappa shape index (κ1) is 21.0. The number of ether oxygens (including phenoxy) is 1. The molecule has 0 bridgehead atoms. The monoisotopic (exact) mass is 422 g/mol. The fraction of sp³-hybridized carbons (Fsp3) is 0.450. The van der Waals surface area contributed by atoms with Crippen LogP contribution in [0.4, 0.5) is 0 Å². The van der Waals surface area contributed by atoms with Crippen molar-refractivity contribution in [1.29, 1.82) is 0 Å². The number of nitrogens with one attached hydrogen (secondary N) is 1. The van der Waals surface area contributed by atoms with Crippen LogP contribution < -0.4 is 5.32 Å². The first-order chi connectivity index (χ1) is 13.3. The molecule has 3 rings (SSSR count). The van der Waals surface area contributed by atoms with Gasteiger partial charge in [-0.05, 0) is 42.0 Å². The summed E-state index contributed by atoms with van der Waals surface area (Å²) in [5.41, 5.74) is 0.973. The molecule has 8 heteroatoms. The lowest BCUT2D eigenvalue weighted by Gasteiger charge is -2.27. The molecule has 6 nitrogen and oxygen atoms in total. The molecule has 0 unspecified atom stereocenters. The second kappa shape index (κ2) is 8.73. The van der Waals surface area contributed by atoms with Crippen LogP contribution in [0.5, 0.6) is 0 Å². The van der Waals surface area contributed by atoms with Gasteiger partial charge in [-0.3, -0.25) is 4.79 Å². The average Bonchev–Trinajstić information content (AvgIpc) is 3.21. The third kappa shape index (κ3) is 4.46. The summed E-state index contributed by atoms with van der Waals surface area (Å²) in [7, 11) is -3.66. The van der Waals surface area contributed by atoms with Crippen LogP contribution in [0, 0.1) is 12.8 Å². The van der Waals surface area contributed by atoms with Gasteiger partial charge in [0.15, 0.2) is 0 Å². The van der Waals surface area contributed by atoms with Crippen LogP contribution in [0.2, 0.25) is 0 Å². The van der Waals surface area contributed by atoms with Gasteiger partial charge in [0, 0.05) is 23.5 Å². The normalized spacial score (nSPS) is 16.9. The number of morpholine rings is 1. The van der Waals surface area contributed by atoms with Crippen molar-refractivity contribution in [2.45, 2.75) is 31.7 Å². The highest BCUT2D eigenvalue weighted by Crippen LogP contribution is 2.27. The molecule has 1 aromatic heterocycles. The van der Waals surface area contributed by atoms with Crippen LogP contribution in [-0.2, 0) is 14.8 Å². The maximum absolute atomic E-state index is 13.0. The standard InChI is InChI=1S/C20H26N2O4S2/c1-14(2)19(17-5-4-12-27-17)21-20(23)16-7-6-15(3)18(13-16)28(24,25)22-8-10-26-11-9-22/h4-7,12-14,19H,8-11H2,1-3H3,(H,21,23)/t19-/m1/s1. The minimum Gasteiger partial charge on any atom is -0.379 e. The molecule has 1 atom stereocenters. The Kier molecular flexibility index (Phi) is 6.54. The Labute approximate surface area is 170 Å². The fourth-order valence-electron chi connectivity index (χ4n) is 3.20. The maximum atomic E-state index is 13.0. The van der Waals surface area contributed by atoms with Gasteiger partial charge in [0.1, 0.15) is 0 Å². The quantitative estimate of drug-likeness (QED) is 0.776. The molecule has 1 aromatic carbocycles. The van der Waals surface area contributed by atoms with E-state index in [1.54, 1.807) is 30.4 Å². The molecule has 28 heavy (non-hydrogen) atoms. The molecule has 152 valence electrons. The number of carbonyl (C=O) groups excluding carboxylic acids is 1. The minimum atomic E-state index is -3.66. The lowest BCUT2D eigenvalue weighted by atomic mass is 10.0. The predicted molar refractivity (Wildman–Crippen MR) is 110 cm³/mol. The van der Waals surface area contributed by atoms with E-state index in [1.165, 1.54) is 10.4 Å². The summed E-state index contributed by atoms with van der Waals surface area (Å²) >= 11 is 1.60. The van der Waals surface area contributed by atoms with Gasteiger partial charge in [-0.1, -0.05) is 26.0 Å². The van der Waals surface area contributed by atoms with E-state index in [1.807, 2.05) is 31.4 Å². The summed E-state index contributed by atoms with van der Waals surface area (Å²) in [5.74, 6) is -0.0601. The van der Waals surface area contributed by atoms with E-state index in [2.05, 4.69) is 5.32 Å². The Morgan fingerprint density at radius 3 is 2.54 bits per heavy atom. The summed E-state index contributed by atoms with van der Waals surface area (Å²) < 4.78 is 32.8. The maximum Gasteiger partial charge on any atom is 0.251 e. The van der Waals surface area contributed by atoms with Gasteiger partial charge in [-0.2, -0.15) is 4.31 Å². The number of hydrogen-bond acceptors (Lipinski definition) is 5. The molecule has 1 aliphatic heterocycles. The van der Waals surface area contributed by atoms with Crippen molar-refractivity contribution in [1.82, 2.24) is 9.62 Å². The second-order valence-corrected chi connectivity index (χ2v) is 10.1. The number of sulfonamides is 1. The van der Waals surface area contributed by atoms with Crippen molar-refractivity contribution in [3.8, 4) is 0 Å². The van der Waals surface area contributed by atoms with E-state index in [0.717, 1.165) is 4.88 Å². The van der Waals surface area contributed by atoms with E-state index >= 15 is 0 Å². The van der Waals surface area contributed by atoms with Gasteiger partial charge in [0.05, 0.1) is 24.2 Å². The van der Waals surface area contributed by atoms with E-state index in [9.17, 15) is 13.2 Å². The molecule has 0 spiro atoms. The zero-order valence-electron chi connectivity index (χ0n) is 16.3. The van der Waals surface area contributed by atoms with Crippen molar-refractivity contribution in [2.75, 3.05) is 26.3 Å². The first-order valence-corrected chi connectivity index (χ1v) is 11.7. The van der Waals surface area contributed by atoms with Gasteiger partial charge >= 0.3 is 0 Å². The molecule has 1 saturated heterocycles. The zero-order chi connectivity index (χ0) is 20.3. The van der Waals surface area contributed by atoms with Gasteiger partial charge < -0.3 is 10.1 Å². The summed E-state index contributed by atoms with van der Waals surface area (Å²) in [5, 5.41) is 5.04. The topological polar surface area (TPSA) is 75.7 Å². The third-order valence-electron chi connectivity index (χ3n) is 4.84. The van der Waals surface area contributed by atoms with Crippen molar-refractivity contribution in [3.05, 3.63) is 51.7 Å². The van der Waals surface area contributed by atoms with Crippen LogP contribution in [0.3, 0.4) is 0 Å². The predicted octanol–water partition coefficient (Wildman–Crippen LogP) is 3.20. The summed E-state index contributed by atoms with van der Waals surface area (Å²) in [4.78, 5) is 14.1. The summed E-state index contributed by atoms with van der Waals surface area (Å²) in [6.45, 7) is 7.27. The average molecular weight is 423 g/mol. The Hall–Kier alpha value is -1.74. The number of benzene rings is 1. The van der Waals surface area contributed by atoms with Crippen LogP contribution >= 0.6 is 11.3 Å². The molecule has 1 amide bonds. The van der Waals surface area contributed by atoms with E-state index < -0.39 is 10.0 Å². The van der Waals surface area contributed by atoms with Crippen LogP contribution in [-0.4, -0.2) is 44.9 Å². The van der Waals surface area contributed by atoms with Gasteiger partial charge in [0.2, 0.25) is 10.0 Å². The lowest BCUT2D eigenvalue weighted by Crippen LogP contribution is -2.41. The number of carbonyl (C=O) groups is 1. The van der Waals surface area contributed by atoms with Crippen molar-refractivity contribution in [2.24, 2.45) is 5.92 Å². The number of nitrogens with zero attached hydrogens (tertiary/aromatic N) is 1. The smallest absolute Gasteiger partial charge is 0.251 e. The molecule has 2 heterocycles. The largest absolute Gasteiger partial charge is 0.379 e. The van der Waals surface area contributed by atoms with Crippen molar-refractivity contribution < 1.29 is 17.9 Å². The molecule has 1 N–H and O–H groups in total. The zero-order valence-corrected chi connectivity index (χ0v) is 18.0. The highest BCUT2D eigenvalue weighted by molar-refractivity contribution is 7.89. The number of aryl methyl sites for hydroxylation is 1. The molecule has 0 aliphatic carbocycles. The first-order valence-electron chi connectivity index (χ1n) is 9.33. The van der Waals surface area contributed by atoms with Gasteiger partial charge in [-0.25, -0.2) is 8.42 Å². The van der Waals surface area contributed by atoms with E-state index in [-0.39, 0.29) is 22.8 Å². The number of rotatable bonds is 6. The number of hydrogen-bond donors (Lipinski definition) is 1. The van der Waals surface area contributed by atoms with Crippen molar-refractivity contribution in [3.63, 3.8) is 0 Å². The summed E-state index contributed by atoms with van der Waals surface area (Å²) in [6, 6.07) is 8.70. The van der Waals surface area contributed by atoms with E-state index in [0.29, 0.717) is 37.4 Å². The summed E-state index contributed by atoms with van der Waals surface area (Å²) in [6.07, 6.45) is 0.